The van der Waals surface area contributed by atoms with Crippen LogP contribution in [-0.4, -0.2) is 22.8 Å². The van der Waals surface area contributed by atoms with Crippen molar-refractivity contribution in [3.05, 3.63) is 34.1 Å². The Morgan fingerprint density at radius 1 is 1.67 bits per heavy atom. The van der Waals surface area contributed by atoms with Crippen LogP contribution in [0.15, 0.2) is 27.7 Å². The van der Waals surface area contributed by atoms with Gasteiger partial charge in [0.15, 0.2) is 5.11 Å². The topological polar surface area (TPSA) is 92.7 Å². The van der Waals surface area contributed by atoms with Gasteiger partial charge in [-0.25, -0.2) is 0 Å². The quantitative estimate of drug-likeness (QED) is 0.365. The van der Waals surface area contributed by atoms with Gasteiger partial charge in [0.1, 0.15) is 10.7 Å². The molecule has 0 saturated carbocycles. The molecule has 1 aromatic rings. The van der Waals surface area contributed by atoms with Gasteiger partial charge in [-0.3, -0.25) is 15.5 Å². The van der Waals surface area contributed by atoms with Crippen molar-refractivity contribution in [2.24, 2.45) is 5.10 Å². The van der Waals surface area contributed by atoms with E-state index in [0.717, 1.165) is 0 Å². The molecular formula is C10H12N4O3S. The van der Waals surface area contributed by atoms with Gasteiger partial charge in [-0.05, 0) is 37.4 Å². The monoisotopic (exact) mass is 268 g/mol. The summed E-state index contributed by atoms with van der Waals surface area (Å²) in [6.45, 7) is 2.63. The molecule has 0 amide bonds. The van der Waals surface area contributed by atoms with Gasteiger partial charge >= 0.3 is 5.88 Å². The Labute approximate surface area is 109 Å². The third kappa shape index (κ3) is 4.74. The Morgan fingerprint density at radius 2 is 2.44 bits per heavy atom. The molecule has 0 atom stereocenters. The molecule has 96 valence electrons. The zero-order valence-electron chi connectivity index (χ0n) is 9.62. The predicted molar refractivity (Wildman–Crippen MR) is 72.3 cm³/mol. The van der Waals surface area contributed by atoms with Crippen molar-refractivity contribution in [3.8, 4) is 0 Å². The van der Waals surface area contributed by atoms with Crippen molar-refractivity contribution < 1.29 is 9.34 Å². The maximum atomic E-state index is 10.4. The molecule has 2 N–H and O–H groups in total. The van der Waals surface area contributed by atoms with Gasteiger partial charge in [0.05, 0.1) is 6.07 Å². The molecular weight excluding hydrogens is 256 g/mol. The summed E-state index contributed by atoms with van der Waals surface area (Å²) in [5, 5.41) is 17.4. The largest absolute Gasteiger partial charge is 0.433 e. The highest BCUT2D eigenvalue weighted by Gasteiger charge is 2.09. The summed E-state index contributed by atoms with van der Waals surface area (Å²) in [5.74, 6) is 0.0837. The number of furan rings is 1. The molecule has 0 unspecified atom stereocenters. The van der Waals surface area contributed by atoms with Crippen molar-refractivity contribution in [1.29, 1.82) is 0 Å². The van der Waals surface area contributed by atoms with Crippen molar-refractivity contribution in [3.63, 3.8) is 0 Å². The highest BCUT2D eigenvalue weighted by atomic mass is 32.1. The van der Waals surface area contributed by atoms with Crippen LogP contribution in [0.2, 0.25) is 0 Å². The molecule has 0 radical (unpaired) electrons. The Hall–Kier alpha value is -2.22. The molecule has 1 heterocycles. The fourth-order valence-corrected chi connectivity index (χ4v) is 1.20. The van der Waals surface area contributed by atoms with E-state index in [2.05, 4.69) is 15.8 Å². The minimum Gasteiger partial charge on any atom is -0.401 e. The van der Waals surface area contributed by atoms with Gasteiger partial charge in [0.2, 0.25) is 0 Å². The molecule has 0 bridgehead atoms. The average Bonchev–Trinajstić information content (AvgIpc) is 2.78. The first-order valence-electron chi connectivity index (χ1n) is 5.11. The number of thiocarbonyl (C=S) groups is 1. The summed E-state index contributed by atoms with van der Waals surface area (Å²) in [7, 11) is 0. The molecule has 18 heavy (non-hydrogen) atoms. The van der Waals surface area contributed by atoms with Gasteiger partial charge < -0.3 is 9.73 Å². The standard InChI is InChI=1S/C10H12N4O3S/c1-2-11-10(18)13-12-7-3-4-8-5-6-9(17-8)14(15)16/h3-7H,2H2,1H3,(H2,11,13,18)/b4-3+,12-7+. The van der Waals surface area contributed by atoms with Crippen molar-refractivity contribution >= 4 is 35.5 Å². The number of nitrogens with one attached hydrogen (secondary N) is 2. The van der Waals surface area contributed by atoms with Crippen LogP contribution >= 0.6 is 12.2 Å². The molecule has 0 aliphatic rings. The second-order valence-corrected chi connectivity index (χ2v) is 3.45. The lowest BCUT2D eigenvalue weighted by Crippen LogP contribution is -2.31. The Kier molecular flexibility index (Phi) is 5.52. The molecule has 1 aromatic heterocycles. The van der Waals surface area contributed by atoms with Crippen LogP contribution < -0.4 is 10.7 Å². The summed E-state index contributed by atoms with van der Waals surface area (Å²) in [6, 6.07) is 2.79. The van der Waals surface area contributed by atoms with Gasteiger partial charge in [-0.1, -0.05) is 0 Å². The minimum atomic E-state index is -0.595. The molecule has 0 aliphatic heterocycles. The number of hydrogen-bond acceptors (Lipinski definition) is 5. The number of hydrazone groups is 1. The first-order chi connectivity index (χ1) is 8.63. The molecule has 0 spiro atoms. The van der Waals surface area contributed by atoms with Gasteiger partial charge in [0, 0.05) is 12.8 Å². The minimum absolute atomic E-state index is 0.293. The van der Waals surface area contributed by atoms with E-state index in [1.165, 1.54) is 18.3 Å². The van der Waals surface area contributed by atoms with Crippen LogP contribution in [0.5, 0.6) is 0 Å². The summed E-state index contributed by atoms with van der Waals surface area (Å²) in [6.07, 6.45) is 4.58. The zero-order chi connectivity index (χ0) is 13.4. The lowest BCUT2D eigenvalue weighted by Gasteiger charge is -2.01. The van der Waals surface area contributed by atoms with E-state index in [1.54, 1.807) is 12.2 Å². The van der Waals surface area contributed by atoms with E-state index < -0.39 is 4.92 Å². The van der Waals surface area contributed by atoms with Crippen molar-refractivity contribution in [1.82, 2.24) is 10.7 Å². The predicted octanol–water partition coefficient (Wildman–Crippen LogP) is 1.67. The third-order valence-corrected chi connectivity index (χ3v) is 1.95. The van der Waals surface area contributed by atoms with E-state index in [4.69, 9.17) is 16.6 Å². The van der Waals surface area contributed by atoms with E-state index >= 15 is 0 Å². The lowest BCUT2D eigenvalue weighted by molar-refractivity contribution is -0.402. The van der Waals surface area contributed by atoms with Crippen LogP contribution in [0.1, 0.15) is 12.7 Å². The lowest BCUT2D eigenvalue weighted by atomic mass is 10.4. The first kappa shape index (κ1) is 13.8. The van der Waals surface area contributed by atoms with Crippen LogP contribution in [0.3, 0.4) is 0 Å². The van der Waals surface area contributed by atoms with Crippen molar-refractivity contribution in [2.75, 3.05) is 6.54 Å². The summed E-state index contributed by atoms with van der Waals surface area (Å²) in [4.78, 5) is 9.76. The number of hydrogen-bond donors (Lipinski definition) is 2. The maximum absolute atomic E-state index is 10.4. The summed E-state index contributed by atoms with van der Waals surface area (Å²) < 4.78 is 4.91. The highest BCUT2D eigenvalue weighted by molar-refractivity contribution is 7.80. The van der Waals surface area contributed by atoms with Crippen LogP contribution in [-0.2, 0) is 0 Å². The normalized spacial score (nSPS) is 10.9. The third-order valence-electron chi connectivity index (χ3n) is 1.72. The maximum Gasteiger partial charge on any atom is 0.433 e. The highest BCUT2D eigenvalue weighted by Crippen LogP contribution is 2.16. The van der Waals surface area contributed by atoms with Gasteiger partial charge in [-0.15, -0.1) is 0 Å². The van der Waals surface area contributed by atoms with Gasteiger partial charge in [0.25, 0.3) is 0 Å². The Bertz CT molecular complexity index is 481. The number of nitrogens with zero attached hydrogens (tertiary/aromatic N) is 2. The van der Waals surface area contributed by atoms with Crippen molar-refractivity contribution in [2.45, 2.75) is 6.92 Å². The van der Waals surface area contributed by atoms with E-state index in [9.17, 15) is 10.1 Å². The summed E-state index contributed by atoms with van der Waals surface area (Å²) >= 11 is 4.87. The van der Waals surface area contributed by atoms with Crippen LogP contribution in [0.4, 0.5) is 5.88 Å². The molecule has 7 nitrogen and oxygen atoms in total. The molecule has 8 heteroatoms. The second kappa shape index (κ2) is 7.17. The second-order valence-electron chi connectivity index (χ2n) is 3.04. The number of nitro groups is 1. The smallest absolute Gasteiger partial charge is 0.401 e. The molecule has 0 saturated heterocycles. The Morgan fingerprint density at radius 3 is 3.06 bits per heavy atom. The average molecular weight is 268 g/mol. The molecule has 0 aliphatic carbocycles. The van der Waals surface area contributed by atoms with Crippen LogP contribution in [0, 0.1) is 10.1 Å². The van der Waals surface area contributed by atoms with E-state index in [1.807, 2.05) is 6.92 Å². The fourth-order valence-electron chi connectivity index (χ4n) is 1.01. The SMILES string of the molecule is CCNC(=S)N/N=C/C=C/c1ccc([N+](=O)[O-])o1. The molecule has 0 aromatic carbocycles. The summed E-state index contributed by atoms with van der Waals surface area (Å²) in [5.41, 5.74) is 2.59. The number of rotatable bonds is 5. The zero-order valence-corrected chi connectivity index (χ0v) is 10.4. The fraction of sp³-hybridized carbons (Fsp3) is 0.200. The first-order valence-corrected chi connectivity index (χ1v) is 5.52. The number of allylic oxidation sites excluding steroid dienone is 1. The molecule has 1 rings (SSSR count). The van der Waals surface area contributed by atoms with E-state index in [0.29, 0.717) is 17.4 Å². The van der Waals surface area contributed by atoms with E-state index in [-0.39, 0.29) is 5.88 Å². The van der Waals surface area contributed by atoms with Crippen LogP contribution in [0.25, 0.3) is 6.08 Å². The van der Waals surface area contributed by atoms with Gasteiger partial charge in [-0.2, -0.15) is 5.10 Å². The molecule has 0 fully saturated rings. The Balaban J connectivity index is 2.42.